The number of likely N-dealkylation sites (tertiary alicyclic amines) is 1. The van der Waals surface area contributed by atoms with Gasteiger partial charge in [-0.15, -0.1) is 0 Å². The van der Waals surface area contributed by atoms with Gasteiger partial charge in [-0.25, -0.2) is 5.48 Å². The third-order valence-electron chi connectivity index (χ3n) is 6.36. The molecule has 1 aliphatic rings. The lowest BCUT2D eigenvalue weighted by molar-refractivity contribution is -0.149. The van der Waals surface area contributed by atoms with Crippen molar-refractivity contribution >= 4 is 23.8 Å². The van der Waals surface area contributed by atoms with Crippen LogP contribution in [0, 0.1) is 23.7 Å². The number of hydrazine groups is 1. The van der Waals surface area contributed by atoms with E-state index >= 15 is 0 Å². The first-order valence-corrected chi connectivity index (χ1v) is 12.6. The van der Waals surface area contributed by atoms with Crippen molar-refractivity contribution in [2.75, 3.05) is 20.1 Å². The molecule has 8 nitrogen and oxygen atoms in total. The van der Waals surface area contributed by atoms with Crippen molar-refractivity contribution in [3.63, 3.8) is 0 Å². The number of hydrogen-bond acceptors (Lipinski definition) is 5. The van der Waals surface area contributed by atoms with Crippen LogP contribution >= 0.6 is 0 Å². The second kappa shape index (κ2) is 14.0. The summed E-state index contributed by atoms with van der Waals surface area (Å²) in [5.41, 5.74) is 5.57. The van der Waals surface area contributed by atoms with Gasteiger partial charge in [0.15, 0.2) is 0 Å². The van der Waals surface area contributed by atoms with Crippen LogP contribution < -0.4 is 10.9 Å². The molecule has 8 heteroatoms. The zero-order valence-corrected chi connectivity index (χ0v) is 21.7. The molecule has 1 heterocycles. The second-order valence-electron chi connectivity index (χ2n) is 10.3. The molecule has 0 radical (unpaired) electrons. The van der Waals surface area contributed by atoms with Crippen LogP contribution in [0.3, 0.4) is 0 Å². The zero-order valence-electron chi connectivity index (χ0n) is 21.7. The molecule has 3 N–H and O–H groups in total. The van der Waals surface area contributed by atoms with Crippen LogP contribution in [0.1, 0.15) is 58.9 Å². The predicted molar refractivity (Wildman–Crippen MR) is 137 cm³/mol. The highest BCUT2D eigenvalue weighted by atomic mass is 16.5. The molecule has 1 aliphatic heterocycles. The molecule has 194 valence electrons. The number of benzene rings is 1. The lowest BCUT2D eigenvalue weighted by Gasteiger charge is -2.33. The van der Waals surface area contributed by atoms with Gasteiger partial charge in [-0.1, -0.05) is 70.2 Å². The summed E-state index contributed by atoms with van der Waals surface area (Å²) in [7, 11) is 1.92. The zero-order chi connectivity index (χ0) is 26.0. The van der Waals surface area contributed by atoms with E-state index in [1.54, 1.807) is 5.48 Å². The van der Waals surface area contributed by atoms with Gasteiger partial charge in [0.05, 0.1) is 17.9 Å². The molecule has 1 saturated heterocycles. The van der Waals surface area contributed by atoms with Crippen molar-refractivity contribution in [3.8, 4) is 0 Å². The van der Waals surface area contributed by atoms with Gasteiger partial charge in [-0.2, -0.15) is 0 Å². The van der Waals surface area contributed by atoms with Gasteiger partial charge in [-0.05, 0) is 56.7 Å². The summed E-state index contributed by atoms with van der Waals surface area (Å²) in [6.07, 6.45) is 6.16. The van der Waals surface area contributed by atoms with Gasteiger partial charge in [0.1, 0.15) is 0 Å². The second-order valence-corrected chi connectivity index (χ2v) is 10.3. The van der Waals surface area contributed by atoms with E-state index in [0.717, 1.165) is 24.9 Å². The summed E-state index contributed by atoms with van der Waals surface area (Å²) in [4.78, 5) is 41.5. The van der Waals surface area contributed by atoms with Crippen LogP contribution in [0.4, 0.5) is 0 Å². The van der Waals surface area contributed by atoms with E-state index in [0.29, 0.717) is 13.0 Å². The van der Waals surface area contributed by atoms with Crippen molar-refractivity contribution in [1.29, 1.82) is 0 Å². The number of allylic oxidation sites excluding steroid dienone is 1. The van der Waals surface area contributed by atoms with Gasteiger partial charge in [-0.3, -0.25) is 34.9 Å². The van der Waals surface area contributed by atoms with Crippen LogP contribution in [-0.2, 0) is 14.4 Å². The highest BCUT2D eigenvalue weighted by molar-refractivity contribution is 5.90. The maximum absolute atomic E-state index is 13.6. The average Bonchev–Trinajstić information content (AvgIpc) is 3.25. The largest absolute Gasteiger partial charge is 0.295 e. The Kier molecular flexibility index (Phi) is 11.4. The van der Waals surface area contributed by atoms with Crippen LogP contribution in [0.5, 0.6) is 0 Å². The third kappa shape index (κ3) is 8.78. The molecule has 1 fully saturated rings. The molecule has 3 atom stereocenters. The molecule has 1 aromatic carbocycles. The predicted octanol–water partition coefficient (Wildman–Crippen LogP) is 3.48. The molecule has 0 spiro atoms. The molecular formula is C27H42N4O4. The SMILES string of the molecule is CC(C)C[C@@H](C(=O)NN(CC(C)C)C(=O)[C@@H]1CCCN1C)[C@H](C/C=C/c1ccccc1)C(=O)NO. The van der Waals surface area contributed by atoms with E-state index in [1.807, 2.05) is 82.1 Å². The number of rotatable bonds is 11. The normalized spacial score (nSPS) is 18.1. The van der Waals surface area contributed by atoms with Gasteiger partial charge in [0.25, 0.3) is 5.91 Å². The average molecular weight is 487 g/mol. The minimum Gasteiger partial charge on any atom is -0.295 e. The van der Waals surface area contributed by atoms with E-state index in [-0.39, 0.29) is 36.1 Å². The quantitative estimate of drug-likeness (QED) is 0.328. The minimum atomic E-state index is -0.785. The fourth-order valence-corrected chi connectivity index (χ4v) is 4.59. The Labute approximate surface area is 209 Å². The smallest absolute Gasteiger partial charge is 0.258 e. The standard InChI is InChI=1S/C27H42N4O4/c1-19(2)17-23(22(26(33)29-35)14-9-13-21-11-7-6-8-12-21)25(32)28-31(18-20(3)4)27(34)24-15-10-16-30(24)5/h6-9,11-13,19-20,22-24,35H,10,14-18H2,1-5H3,(H,28,32)(H,29,33)/b13-9+/t22-,23+,24-/m0/s1. The number of hydrogen-bond donors (Lipinski definition) is 3. The van der Waals surface area contributed by atoms with Gasteiger partial charge < -0.3 is 0 Å². The number of nitrogens with zero attached hydrogens (tertiary/aromatic N) is 2. The number of amides is 3. The lowest BCUT2D eigenvalue weighted by Crippen LogP contribution is -2.56. The summed E-state index contributed by atoms with van der Waals surface area (Å²) in [5, 5.41) is 10.9. The highest BCUT2D eigenvalue weighted by Crippen LogP contribution is 2.26. The Balaban J connectivity index is 2.25. The summed E-state index contributed by atoms with van der Waals surface area (Å²) >= 11 is 0. The Morgan fingerprint density at radius 3 is 2.31 bits per heavy atom. The molecule has 0 unspecified atom stereocenters. The van der Waals surface area contributed by atoms with Crippen molar-refractivity contribution < 1.29 is 19.6 Å². The third-order valence-corrected chi connectivity index (χ3v) is 6.36. The van der Waals surface area contributed by atoms with Crippen molar-refractivity contribution in [2.45, 2.75) is 59.4 Å². The first kappa shape index (κ1) is 28.5. The number of nitrogens with one attached hydrogen (secondary N) is 2. The van der Waals surface area contributed by atoms with Crippen molar-refractivity contribution in [3.05, 3.63) is 42.0 Å². The van der Waals surface area contributed by atoms with Gasteiger partial charge >= 0.3 is 0 Å². The monoisotopic (exact) mass is 486 g/mol. The highest BCUT2D eigenvalue weighted by Gasteiger charge is 2.37. The number of carbonyl (C=O) groups excluding carboxylic acids is 3. The first-order chi connectivity index (χ1) is 16.6. The van der Waals surface area contributed by atoms with E-state index < -0.39 is 17.7 Å². The van der Waals surface area contributed by atoms with E-state index in [1.165, 1.54) is 5.01 Å². The minimum absolute atomic E-state index is 0.123. The topological polar surface area (TPSA) is 102 Å². The molecular weight excluding hydrogens is 444 g/mol. The Hall–Kier alpha value is -2.71. The number of carbonyl (C=O) groups is 3. The summed E-state index contributed by atoms with van der Waals surface area (Å²) < 4.78 is 0. The summed E-state index contributed by atoms with van der Waals surface area (Å²) in [6.45, 7) is 9.19. The fourth-order valence-electron chi connectivity index (χ4n) is 4.59. The van der Waals surface area contributed by atoms with E-state index in [2.05, 4.69) is 5.43 Å². The maximum Gasteiger partial charge on any atom is 0.258 e. The van der Waals surface area contributed by atoms with Crippen LogP contribution in [0.15, 0.2) is 36.4 Å². The van der Waals surface area contributed by atoms with Crippen LogP contribution in [0.25, 0.3) is 6.08 Å². The van der Waals surface area contributed by atoms with Crippen LogP contribution in [0.2, 0.25) is 0 Å². The molecule has 2 rings (SSSR count). The van der Waals surface area contributed by atoms with Crippen molar-refractivity contribution in [2.24, 2.45) is 23.7 Å². The van der Waals surface area contributed by atoms with E-state index in [9.17, 15) is 19.6 Å². The van der Waals surface area contributed by atoms with Gasteiger partial charge in [0, 0.05) is 6.54 Å². The molecule has 3 amide bonds. The molecule has 0 saturated carbocycles. The van der Waals surface area contributed by atoms with E-state index in [4.69, 9.17) is 0 Å². The Morgan fingerprint density at radius 1 is 1.09 bits per heavy atom. The Morgan fingerprint density at radius 2 is 1.77 bits per heavy atom. The summed E-state index contributed by atoms with van der Waals surface area (Å²) in [5.74, 6) is -2.33. The number of likely N-dealkylation sites (N-methyl/N-ethyl adjacent to an activating group) is 1. The lowest BCUT2D eigenvalue weighted by atomic mass is 9.82. The Bertz CT molecular complexity index is 856. The van der Waals surface area contributed by atoms with Gasteiger partial charge in [0.2, 0.25) is 11.8 Å². The van der Waals surface area contributed by atoms with Crippen LogP contribution in [-0.4, -0.2) is 59.0 Å². The maximum atomic E-state index is 13.6. The molecule has 35 heavy (non-hydrogen) atoms. The molecule has 0 aromatic heterocycles. The first-order valence-electron chi connectivity index (χ1n) is 12.6. The molecule has 0 bridgehead atoms. The molecule has 0 aliphatic carbocycles. The number of hydroxylamine groups is 1. The molecule has 1 aromatic rings. The van der Waals surface area contributed by atoms with Crippen molar-refractivity contribution in [1.82, 2.24) is 20.8 Å². The fraction of sp³-hybridized carbons (Fsp3) is 0.593. The summed E-state index contributed by atoms with van der Waals surface area (Å²) in [6, 6.07) is 9.42.